The highest BCUT2D eigenvalue weighted by atomic mass is 32.1. The molecule has 3 heterocycles. The van der Waals surface area contributed by atoms with E-state index in [1.54, 1.807) is 6.33 Å². The first-order chi connectivity index (χ1) is 9.28. The van der Waals surface area contributed by atoms with Crippen LogP contribution in [0.2, 0.25) is 0 Å². The van der Waals surface area contributed by atoms with Gasteiger partial charge in [0.05, 0.1) is 5.39 Å². The molecule has 5 heteroatoms. The molecule has 0 N–H and O–H groups in total. The zero-order chi connectivity index (χ0) is 13.0. The van der Waals surface area contributed by atoms with Crippen molar-refractivity contribution < 1.29 is 0 Å². The van der Waals surface area contributed by atoms with E-state index < -0.39 is 0 Å². The van der Waals surface area contributed by atoms with Gasteiger partial charge < -0.3 is 0 Å². The van der Waals surface area contributed by atoms with E-state index in [4.69, 9.17) is 4.98 Å². The Kier molecular flexibility index (Phi) is 2.39. The zero-order valence-electron chi connectivity index (χ0n) is 11.2. The fourth-order valence-corrected chi connectivity index (χ4v) is 4.38. The van der Waals surface area contributed by atoms with E-state index in [0.29, 0.717) is 5.92 Å². The molecule has 98 valence electrons. The van der Waals surface area contributed by atoms with Crippen LogP contribution in [0.1, 0.15) is 48.9 Å². The number of aromatic nitrogens is 4. The molecule has 0 amide bonds. The van der Waals surface area contributed by atoms with Crippen molar-refractivity contribution >= 4 is 27.2 Å². The van der Waals surface area contributed by atoms with Gasteiger partial charge in [-0.05, 0) is 30.7 Å². The Morgan fingerprint density at radius 1 is 1.47 bits per heavy atom. The van der Waals surface area contributed by atoms with Crippen LogP contribution in [0.4, 0.5) is 0 Å². The molecule has 4 nitrogen and oxygen atoms in total. The molecule has 4 rings (SSSR count). The monoisotopic (exact) mass is 272 g/mol. The van der Waals surface area contributed by atoms with Gasteiger partial charge in [-0.25, -0.2) is 14.5 Å². The van der Waals surface area contributed by atoms with E-state index in [0.717, 1.165) is 22.7 Å². The third-order valence-electron chi connectivity index (χ3n) is 4.04. The van der Waals surface area contributed by atoms with Crippen LogP contribution in [-0.4, -0.2) is 19.6 Å². The standard InChI is InChI=1S/C14H16N4S/c1-3-10-16-13-12-11-8(2)5-4-6-9(11)19-14(12)15-7-18(13)17-10/h7-8H,3-6H2,1-2H3/t8-/m1/s1. The van der Waals surface area contributed by atoms with E-state index in [-0.39, 0.29) is 0 Å². The molecule has 0 aromatic carbocycles. The van der Waals surface area contributed by atoms with Crippen molar-refractivity contribution in [3.63, 3.8) is 0 Å². The largest absolute Gasteiger partial charge is 0.225 e. The molecule has 3 aromatic heterocycles. The van der Waals surface area contributed by atoms with Crippen molar-refractivity contribution in [1.82, 2.24) is 19.6 Å². The van der Waals surface area contributed by atoms with Crippen LogP contribution >= 0.6 is 11.3 Å². The van der Waals surface area contributed by atoms with Crippen LogP contribution in [-0.2, 0) is 12.8 Å². The predicted molar refractivity (Wildman–Crippen MR) is 76.9 cm³/mol. The summed E-state index contributed by atoms with van der Waals surface area (Å²) in [6, 6.07) is 0. The van der Waals surface area contributed by atoms with Gasteiger partial charge in [0.15, 0.2) is 11.5 Å². The zero-order valence-corrected chi connectivity index (χ0v) is 12.0. The van der Waals surface area contributed by atoms with E-state index in [1.165, 1.54) is 35.1 Å². The summed E-state index contributed by atoms with van der Waals surface area (Å²) in [5.74, 6) is 1.52. The Morgan fingerprint density at radius 3 is 3.21 bits per heavy atom. The van der Waals surface area contributed by atoms with E-state index in [9.17, 15) is 0 Å². The van der Waals surface area contributed by atoms with Crippen LogP contribution < -0.4 is 0 Å². The number of fused-ring (bicyclic) bond motifs is 5. The second-order valence-corrected chi connectivity index (χ2v) is 6.39. The van der Waals surface area contributed by atoms with Gasteiger partial charge in [0.25, 0.3) is 0 Å². The van der Waals surface area contributed by atoms with Crippen LogP contribution in [0.15, 0.2) is 6.33 Å². The minimum absolute atomic E-state index is 0.618. The molecule has 0 aliphatic heterocycles. The number of aryl methyl sites for hydroxylation is 2. The lowest BCUT2D eigenvalue weighted by molar-refractivity contribution is 0.602. The predicted octanol–water partition coefficient (Wildman–Crippen LogP) is 3.34. The Bertz CT molecular complexity index is 771. The summed E-state index contributed by atoms with van der Waals surface area (Å²) in [7, 11) is 0. The summed E-state index contributed by atoms with van der Waals surface area (Å²) < 4.78 is 1.84. The van der Waals surface area contributed by atoms with Crippen molar-refractivity contribution in [1.29, 1.82) is 0 Å². The molecule has 0 saturated heterocycles. The molecule has 0 spiro atoms. The smallest absolute Gasteiger partial charge is 0.167 e. The maximum Gasteiger partial charge on any atom is 0.167 e. The number of hydrogen-bond donors (Lipinski definition) is 0. The van der Waals surface area contributed by atoms with Gasteiger partial charge in [-0.2, -0.15) is 0 Å². The van der Waals surface area contributed by atoms with Crippen molar-refractivity contribution in [2.45, 2.75) is 45.4 Å². The molecule has 3 aromatic rings. The number of nitrogens with zero attached hydrogens (tertiary/aromatic N) is 4. The Morgan fingerprint density at radius 2 is 2.37 bits per heavy atom. The fraction of sp³-hybridized carbons (Fsp3) is 0.500. The van der Waals surface area contributed by atoms with Crippen molar-refractivity contribution in [2.75, 3.05) is 0 Å². The lowest BCUT2D eigenvalue weighted by Crippen LogP contribution is -2.04. The molecular weight excluding hydrogens is 256 g/mol. The lowest BCUT2D eigenvalue weighted by atomic mass is 9.87. The van der Waals surface area contributed by atoms with Crippen molar-refractivity contribution in [3.05, 3.63) is 22.6 Å². The fourth-order valence-electron chi connectivity index (χ4n) is 3.08. The quantitative estimate of drug-likeness (QED) is 0.682. The summed E-state index contributed by atoms with van der Waals surface area (Å²) in [4.78, 5) is 11.9. The van der Waals surface area contributed by atoms with E-state index in [2.05, 4.69) is 23.9 Å². The lowest BCUT2D eigenvalue weighted by Gasteiger charge is -2.18. The highest BCUT2D eigenvalue weighted by molar-refractivity contribution is 7.19. The minimum atomic E-state index is 0.618. The molecule has 0 radical (unpaired) electrons. The Hall–Kier alpha value is -1.49. The first-order valence-electron chi connectivity index (χ1n) is 6.93. The molecule has 0 bridgehead atoms. The molecule has 0 fully saturated rings. The SMILES string of the molecule is CCc1nc2c3c4c(sc3ncn2n1)CCC[C@H]4C. The van der Waals surface area contributed by atoms with E-state index >= 15 is 0 Å². The van der Waals surface area contributed by atoms with Gasteiger partial charge in [0, 0.05) is 11.3 Å². The molecule has 1 aliphatic carbocycles. The van der Waals surface area contributed by atoms with Crippen molar-refractivity contribution in [3.8, 4) is 0 Å². The average molecular weight is 272 g/mol. The number of thiophene rings is 1. The van der Waals surface area contributed by atoms with Crippen LogP contribution in [0.25, 0.3) is 15.9 Å². The van der Waals surface area contributed by atoms with Crippen LogP contribution in [0, 0.1) is 0 Å². The minimum Gasteiger partial charge on any atom is -0.225 e. The highest BCUT2D eigenvalue weighted by Crippen LogP contribution is 2.42. The highest BCUT2D eigenvalue weighted by Gasteiger charge is 2.24. The topological polar surface area (TPSA) is 43.1 Å². The van der Waals surface area contributed by atoms with Gasteiger partial charge in [-0.3, -0.25) is 0 Å². The maximum absolute atomic E-state index is 4.69. The third-order valence-corrected chi connectivity index (χ3v) is 5.21. The first kappa shape index (κ1) is 11.3. The number of rotatable bonds is 1. The summed E-state index contributed by atoms with van der Waals surface area (Å²) in [5.41, 5.74) is 2.48. The second kappa shape index (κ2) is 4.00. The van der Waals surface area contributed by atoms with Gasteiger partial charge >= 0.3 is 0 Å². The van der Waals surface area contributed by atoms with Gasteiger partial charge in [0.1, 0.15) is 11.2 Å². The van der Waals surface area contributed by atoms with Crippen LogP contribution in [0.5, 0.6) is 0 Å². The Labute approximate surface area is 115 Å². The third kappa shape index (κ3) is 1.54. The molecule has 0 unspecified atom stereocenters. The summed E-state index contributed by atoms with van der Waals surface area (Å²) in [5, 5.41) is 5.73. The molecule has 1 aliphatic rings. The van der Waals surface area contributed by atoms with Gasteiger partial charge in [-0.15, -0.1) is 16.4 Å². The van der Waals surface area contributed by atoms with Gasteiger partial charge in [-0.1, -0.05) is 13.8 Å². The summed E-state index contributed by atoms with van der Waals surface area (Å²) >= 11 is 1.84. The maximum atomic E-state index is 4.69. The molecule has 0 saturated carbocycles. The molecule has 1 atom stereocenters. The molecular formula is C14H16N4S. The number of hydrogen-bond acceptors (Lipinski definition) is 4. The summed E-state index contributed by atoms with van der Waals surface area (Å²) in [6.07, 6.45) is 6.43. The van der Waals surface area contributed by atoms with Crippen molar-refractivity contribution in [2.24, 2.45) is 0 Å². The van der Waals surface area contributed by atoms with Crippen LogP contribution in [0.3, 0.4) is 0 Å². The first-order valence-corrected chi connectivity index (χ1v) is 7.75. The average Bonchev–Trinajstić information content (AvgIpc) is 2.98. The van der Waals surface area contributed by atoms with E-state index in [1.807, 2.05) is 15.9 Å². The Balaban J connectivity index is 2.13. The van der Waals surface area contributed by atoms with Gasteiger partial charge in [0.2, 0.25) is 0 Å². The summed E-state index contributed by atoms with van der Waals surface area (Å²) in [6.45, 7) is 4.41. The second-order valence-electron chi connectivity index (χ2n) is 5.31. The molecule has 19 heavy (non-hydrogen) atoms. The normalized spacial score (nSPS) is 19.2.